The van der Waals surface area contributed by atoms with Crippen LogP contribution in [0.3, 0.4) is 0 Å². The van der Waals surface area contributed by atoms with E-state index >= 15 is 0 Å². The molecule has 0 saturated carbocycles. The predicted octanol–water partition coefficient (Wildman–Crippen LogP) is 3.63. The van der Waals surface area contributed by atoms with Gasteiger partial charge in [0.15, 0.2) is 0 Å². The van der Waals surface area contributed by atoms with Gasteiger partial charge in [-0.05, 0) is 54.7 Å². The first-order valence-electron chi connectivity index (χ1n) is 5.66. The number of hydrogen-bond acceptors (Lipinski definition) is 1. The first-order valence-corrected chi connectivity index (χ1v) is 5.66. The smallest absolute Gasteiger partial charge is 0.109 e. The van der Waals surface area contributed by atoms with Crippen LogP contribution in [0.15, 0.2) is 23.5 Å². The van der Waals surface area contributed by atoms with E-state index in [-0.39, 0.29) is 0 Å². The Morgan fingerprint density at radius 3 is 2.86 bits per heavy atom. The summed E-state index contributed by atoms with van der Waals surface area (Å²) >= 11 is 0. The highest BCUT2D eigenvalue weighted by atomic mass is 16.5. The SMILES string of the molecule is CCC1(CC)[CH]C2=C(CC1)COC=C2. The van der Waals surface area contributed by atoms with Crippen molar-refractivity contribution in [1.29, 1.82) is 0 Å². The lowest BCUT2D eigenvalue weighted by Gasteiger charge is -2.38. The molecule has 0 atom stereocenters. The van der Waals surface area contributed by atoms with Gasteiger partial charge in [0.05, 0.1) is 6.26 Å². The van der Waals surface area contributed by atoms with Crippen LogP contribution in [0, 0.1) is 11.8 Å². The number of allylic oxidation sites excluding steroid dienone is 2. The van der Waals surface area contributed by atoms with Gasteiger partial charge in [-0.3, -0.25) is 0 Å². The minimum atomic E-state index is 0.459. The molecular formula is C13H19O. The monoisotopic (exact) mass is 191 g/mol. The summed E-state index contributed by atoms with van der Waals surface area (Å²) in [7, 11) is 0. The molecule has 0 saturated heterocycles. The Kier molecular flexibility index (Phi) is 2.66. The molecule has 0 unspecified atom stereocenters. The third-order valence-corrected chi connectivity index (χ3v) is 3.80. The standard InChI is InChI=1S/C13H19O/c1-3-13(4-2)7-5-12-10-14-8-6-11(12)9-13/h6,8-9H,3-5,7,10H2,1-2H3. The zero-order chi connectivity index (χ0) is 10.0. The number of hydrogen-bond donors (Lipinski definition) is 0. The van der Waals surface area contributed by atoms with E-state index in [0.717, 1.165) is 6.61 Å². The summed E-state index contributed by atoms with van der Waals surface area (Å²) in [5, 5.41) is 0. The molecule has 0 aromatic heterocycles. The summed E-state index contributed by atoms with van der Waals surface area (Å²) < 4.78 is 5.32. The van der Waals surface area contributed by atoms with Gasteiger partial charge < -0.3 is 4.74 Å². The fraction of sp³-hybridized carbons (Fsp3) is 0.615. The van der Waals surface area contributed by atoms with E-state index in [2.05, 4.69) is 26.3 Å². The number of ether oxygens (including phenoxy) is 1. The van der Waals surface area contributed by atoms with E-state index in [0.29, 0.717) is 5.41 Å². The summed E-state index contributed by atoms with van der Waals surface area (Å²) in [6, 6.07) is 0. The van der Waals surface area contributed by atoms with Gasteiger partial charge in [-0.2, -0.15) is 0 Å². The minimum Gasteiger partial charge on any atom is -0.497 e. The third-order valence-electron chi connectivity index (χ3n) is 3.80. The third kappa shape index (κ3) is 1.60. The van der Waals surface area contributed by atoms with Gasteiger partial charge in [0.1, 0.15) is 6.61 Å². The molecule has 1 nitrogen and oxygen atoms in total. The lowest BCUT2D eigenvalue weighted by Crippen LogP contribution is -2.26. The Labute approximate surface area is 86.8 Å². The second-order valence-corrected chi connectivity index (χ2v) is 4.39. The normalized spacial score (nSPS) is 24.4. The molecule has 0 bridgehead atoms. The molecule has 1 heteroatoms. The molecule has 0 aromatic carbocycles. The molecule has 2 aliphatic rings. The van der Waals surface area contributed by atoms with Gasteiger partial charge in [0.2, 0.25) is 0 Å². The first kappa shape index (κ1) is 9.82. The maximum Gasteiger partial charge on any atom is 0.109 e. The maximum absolute atomic E-state index is 5.32. The zero-order valence-corrected chi connectivity index (χ0v) is 9.18. The fourth-order valence-corrected chi connectivity index (χ4v) is 2.45. The van der Waals surface area contributed by atoms with E-state index in [1.807, 2.05) is 6.26 Å². The molecule has 0 fully saturated rings. The highest BCUT2D eigenvalue weighted by molar-refractivity contribution is 5.39. The fourth-order valence-electron chi connectivity index (χ4n) is 2.45. The van der Waals surface area contributed by atoms with Crippen LogP contribution in [-0.4, -0.2) is 6.61 Å². The van der Waals surface area contributed by atoms with Gasteiger partial charge in [-0.25, -0.2) is 0 Å². The molecule has 1 aliphatic heterocycles. The summed E-state index contributed by atoms with van der Waals surface area (Å²) in [6.07, 6.45) is 11.5. The van der Waals surface area contributed by atoms with E-state index in [1.54, 1.807) is 0 Å². The van der Waals surface area contributed by atoms with Crippen LogP contribution in [0.1, 0.15) is 39.5 Å². The van der Waals surface area contributed by atoms with Crippen LogP contribution in [-0.2, 0) is 4.74 Å². The Hall–Kier alpha value is -0.720. The van der Waals surface area contributed by atoms with Crippen molar-refractivity contribution in [1.82, 2.24) is 0 Å². The molecule has 1 radical (unpaired) electrons. The Balaban J connectivity index is 2.19. The van der Waals surface area contributed by atoms with Crippen molar-refractivity contribution >= 4 is 0 Å². The van der Waals surface area contributed by atoms with Crippen molar-refractivity contribution in [3.05, 3.63) is 29.9 Å². The molecule has 77 valence electrons. The topological polar surface area (TPSA) is 9.23 Å². The van der Waals surface area contributed by atoms with Crippen LogP contribution in [0.2, 0.25) is 0 Å². The molecule has 2 rings (SSSR count). The van der Waals surface area contributed by atoms with Crippen molar-refractivity contribution in [2.24, 2.45) is 5.41 Å². The summed E-state index contributed by atoms with van der Waals surface area (Å²) in [5.41, 5.74) is 3.39. The quantitative estimate of drug-likeness (QED) is 0.647. The largest absolute Gasteiger partial charge is 0.497 e. The highest BCUT2D eigenvalue weighted by Crippen LogP contribution is 2.44. The zero-order valence-electron chi connectivity index (χ0n) is 9.18. The average molecular weight is 191 g/mol. The van der Waals surface area contributed by atoms with Gasteiger partial charge in [0, 0.05) is 0 Å². The summed E-state index contributed by atoms with van der Waals surface area (Å²) in [4.78, 5) is 0. The van der Waals surface area contributed by atoms with Gasteiger partial charge in [-0.15, -0.1) is 0 Å². The minimum absolute atomic E-state index is 0.459. The van der Waals surface area contributed by atoms with Crippen LogP contribution in [0.25, 0.3) is 0 Å². The van der Waals surface area contributed by atoms with Crippen molar-refractivity contribution in [3.8, 4) is 0 Å². The van der Waals surface area contributed by atoms with E-state index in [4.69, 9.17) is 4.74 Å². The van der Waals surface area contributed by atoms with Crippen LogP contribution in [0.4, 0.5) is 0 Å². The van der Waals surface area contributed by atoms with Crippen LogP contribution >= 0.6 is 0 Å². The molecule has 1 heterocycles. The van der Waals surface area contributed by atoms with Crippen molar-refractivity contribution in [3.63, 3.8) is 0 Å². The van der Waals surface area contributed by atoms with Gasteiger partial charge in [-0.1, -0.05) is 13.8 Å². The Morgan fingerprint density at radius 1 is 1.36 bits per heavy atom. The molecule has 14 heavy (non-hydrogen) atoms. The molecule has 0 amide bonds. The predicted molar refractivity (Wildman–Crippen MR) is 58.7 cm³/mol. The molecule has 1 aliphatic carbocycles. The van der Waals surface area contributed by atoms with E-state index in [9.17, 15) is 0 Å². The maximum atomic E-state index is 5.32. The molecule has 0 N–H and O–H groups in total. The molecular weight excluding hydrogens is 172 g/mol. The summed E-state index contributed by atoms with van der Waals surface area (Å²) in [5.74, 6) is 0. The van der Waals surface area contributed by atoms with Gasteiger partial charge >= 0.3 is 0 Å². The highest BCUT2D eigenvalue weighted by Gasteiger charge is 2.32. The average Bonchev–Trinajstić information content (AvgIpc) is 2.28. The Bertz CT molecular complexity index is 269. The molecule has 0 spiro atoms. The molecule has 0 aromatic rings. The lowest BCUT2D eigenvalue weighted by atomic mass is 9.68. The van der Waals surface area contributed by atoms with E-state index < -0.39 is 0 Å². The Morgan fingerprint density at radius 2 is 2.14 bits per heavy atom. The first-order chi connectivity index (χ1) is 6.79. The van der Waals surface area contributed by atoms with Crippen LogP contribution in [0.5, 0.6) is 0 Å². The lowest BCUT2D eigenvalue weighted by molar-refractivity contribution is 0.240. The van der Waals surface area contributed by atoms with Crippen molar-refractivity contribution < 1.29 is 4.74 Å². The second-order valence-electron chi connectivity index (χ2n) is 4.39. The second kappa shape index (κ2) is 3.80. The van der Waals surface area contributed by atoms with Crippen LogP contribution < -0.4 is 0 Å². The van der Waals surface area contributed by atoms with Crippen molar-refractivity contribution in [2.45, 2.75) is 39.5 Å². The van der Waals surface area contributed by atoms with Crippen molar-refractivity contribution in [2.75, 3.05) is 6.61 Å². The summed E-state index contributed by atoms with van der Waals surface area (Å²) in [6.45, 7) is 5.41. The van der Waals surface area contributed by atoms with Gasteiger partial charge in [0.25, 0.3) is 0 Å². The number of rotatable bonds is 2. The van der Waals surface area contributed by atoms with E-state index in [1.165, 1.54) is 36.8 Å².